The summed E-state index contributed by atoms with van der Waals surface area (Å²) in [6.07, 6.45) is 1.05. The number of amides is 1. The highest BCUT2D eigenvalue weighted by atomic mass is 19.1. The Balaban J connectivity index is 1.62. The van der Waals surface area contributed by atoms with Gasteiger partial charge in [0, 0.05) is 22.8 Å². The van der Waals surface area contributed by atoms with Gasteiger partial charge in [-0.1, -0.05) is 26.0 Å². The van der Waals surface area contributed by atoms with Crippen LogP contribution in [0.25, 0.3) is 5.69 Å². The summed E-state index contributed by atoms with van der Waals surface area (Å²) < 4.78 is 20.3. The SMILES string of the molecule is CC[C@@H](C)c1ccc(NC(=O)COC(=O)c2cc(C)n(-c3ccc(F)cc3)c2C)cc1. The molecule has 1 atom stereocenters. The van der Waals surface area contributed by atoms with E-state index in [1.807, 2.05) is 35.8 Å². The molecule has 0 fully saturated rings. The molecule has 5 nitrogen and oxygen atoms in total. The number of carbonyl (C=O) groups is 2. The lowest BCUT2D eigenvalue weighted by Crippen LogP contribution is -2.21. The first-order valence-electron chi connectivity index (χ1n) is 10.3. The van der Waals surface area contributed by atoms with Crippen LogP contribution in [0.3, 0.4) is 0 Å². The fourth-order valence-electron chi connectivity index (χ4n) is 3.49. The van der Waals surface area contributed by atoms with Crippen molar-refractivity contribution < 1.29 is 18.7 Å². The molecule has 0 radical (unpaired) electrons. The zero-order valence-corrected chi connectivity index (χ0v) is 18.2. The van der Waals surface area contributed by atoms with Gasteiger partial charge in [-0.15, -0.1) is 0 Å². The van der Waals surface area contributed by atoms with Crippen LogP contribution in [0.4, 0.5) is 10.1 Å². The number of hydrogen-bond donors (Lipinski definition) is 1. The summed E-state index contributed by atoms with van der Waals surface area (Å²) in [5, 5.41) is 2.74. The number of esters is 1. The molecule has 1 heterocycles. The molecular formula is C25H27FN2O3. The van der Waals surface area contributed by atoms with Crippen molar-refractivity contribution in [1.82, 2.24) is 4.57 Å². The van der Waals surface area contributed by atoms with Gasteiger partial charge in [0.2, 0.25) is 0 Å². The summed E-state index contributed by atoms with van der Waals surface area (Å²) in [5.41, 5.74) is 4.45. The van der Waals surface area contributed by atoms with E-state index in [1.165, 1.54) is 17.7 Å². The summed E-state index contributed by atoms with van der Waals surface area (Å²) in [5.74, 6) is -0.855. The summed E-state index contributed by atoms with van der Waals surface area (Å²) >= 11 is 0. The van der Waals surface area contributed by atoms with Crippen LogP contribution in [0.2, 0.25) is 0 Å². The fraction of sp³-hybridized carbons (Fsp3) is 0.280. The minimum Gasteiger partial charge on any atom is -0.452 e. The Morgan fingerprint density at radius 2 is 1.71 bits per heavy atom. The van der Waals surface area contributed by atoms with Gasteiger partial charge in [0.15, 0.2) is 6.61 Å². The quantitative estimate of drug-likeness (QED) is 0.509. The Morgan fingerprint density at radius 1 is 1.06 bits per heavy atom. The van der Waals surface area contributed by atoms with Crippen molar-refractivity contribution in [3.05, 3.63) is 82.9 Å². The molecular weight excluding hydrogens is 395 g/mol. The number of halogens is 1. The van der Waals surface area contributed by atoms with E-state index >= 15 is 0 Å². The lowest BCUT2D eigenvalue weighted by molar-refractivity contribution is -0.119. The van der Waals surface area contributed by atoms with E-state index in [0.29, 0.717) is 22.9 Å². The van der Waals surface area contributed by atoms with E-state index in [-0.39, 0.29) is 12.4 Å². The fourth-order valence-corrected chi connectivity index (χ4v) is 3.49. The third-order valence-electron chi connectivity index (χ3n) is 5.45. The molecule has 0 spiro atoms. The summed E-state index contributed by atoms with van der Waals surface area (Å²) in [6, 6.07) is 15.4. The normalized spacial score (nSPS) is 11.8. The van der Waals surface area contributed by atoms with E-state index in [1.54, 1.807) is 25.1 Å². The number of nitrogens with one attached hydrogen (secondary N) is 1. The lowest BCUT2D eigenvalue weighted by Gasteiger charge is -2.11. The Kier molecular flexibility index (Phi) is 6.90. The number of anilines is 1. The third kappa shape index (κ3) is 5.20. The minimum atomic E-state index is -0.580. The first kappa shape index (κ1) is 22.3. The lowest BCUT2D eigenvalue weighted by atomic mass is 9.99. The predicted molar refractivity (Wildman–Crippen MR) is 119 cm³/mol. The topological polar surface area (TPSA) is 60.3 Å². The van der Waals surface area contributed by atoms with Crippen molar-refractivity contribution in [2.24, 2.45) is 0 Å². The minimum absolute atomic E-state index is 0.327. The van der Waals surface area contributed by atoms with Gasteiger partial charge in [-0.2, -0.15) is 0 Å². The van der Waals surface area contributed by atoms with Gasteiger partial charge in [-0.05, 0) is 74.2 Å². The van der Waals surface area contributed by atoms with Gasteiger partial charge in [0.1, 0.15) is 5.82 Å². The molecule has 2 aromatic carbocycles. The van der Waals surface area contributed by atoms with E-state index in [9.17, 15) is 14.0 Å². The molecule has 1 aromatic heterocycles. The largest absolute Gasteiger partial charge is 0.452 e. The van der Waals surface area contributed by atoms with Gasteiger partial charge in [-0.25, -0.2) is 9.18 Å². The zero-order chi connectivity index (χ0) is 22.5. The molecule has 1 N–H and O–H groups in total. The molecule has 3 aromatic rings. The molecule has 3 rings (SSSR count). The number of aromatic nitrogens is 1. The van der Waals surface area contributed by atoms with Gasteiger partial charge in [0.25, 0.3) is 5.91 Å². The van der Waals surface area contributed by atoms with E-state index < -0.39 is 11.9 Å². The van der Waals surface area contributed by atoms with Crippen LogP contribution in [0.1, 0.15) is 53.5 Å². The molecule has 0 saturated heterocycles. The summed E-state index contributed by atoms with van der Waals surface area (Å²) in [7, 11) is 0. The first-order chi connectivity index (χ1) is 14.8. The average molecular weight is 423 g/mol. The summed E-state index contributed by atoms with van der Waals surface area (Å²) in [4.78, 5) is 24.8. The van der Waals surface area contributed by atoms with Crippen molar-refractivity contribution in [3.8, 4) is 5.69 Å². The van der Waals surface area contributed by atoms with Gasteiger partial charge in [-0.3, -0.25) is 4.79 Å². The van der Waals surface area contributed by atoms with Crippen LogP contribution in [0, 0.1) is 19.7 Å². The third-order valence-corrected chi connectivity index (χ3v) is 5.45. The maximum Gasteiger partial charge on any atom is 0.340 e. The number of benzene rings is 2. The molecule has 0 aliphatic heterocycles. The maximum atomic E-state index is 13.2. The molecule has 0 saturated carbocycles. The molecule has 0 aliphatic rings. The highest BCUT2D eigenvalue weighted by Crippen LogP contribution is 2.22. The standard InChI is InChI=1S/C25H27FN2O3/c1-5-16(2)19-6-10-21(11-7-19)27-24(29)15-31-25(30)23-14-17(3)28(18(23)4)22-12-8-20(26)9-13-22/h6-14,16H,5,15H2,1-4H3,(H,27,29)/t16-/m1/s1. The molecule has 0 unspecified atom stereocenters. The van der Waals surface area contributed by atoms with Gasteiger partial charge in [0.05, 0.1) is 5.56 Å². The number of aryl methyl sites for hydroxylation is 1. The van der Waals surface area contributed by atoms with Crippen molar-refractivity contribution >= 4 is 17.6 Å². The Bertz CT molecular complexity index is 1070. The van der Waals surface area contributed by atoms with Crippen LogP contribution in [0.15, 0.2) is 54.6 Å². The van der Waals surface area contributed by atoms with Gasteiger partial charge < -0.3 is 14.6 Å². The number of hydrogen-bond acceptors (Lipinski definition) is 3. The number of ether oxygens (including phenoxy) is 1. The van der Waals surface area contributed by atoms with E-state index in [4.69, 9.17) is 4.74 Å². The second-order valence-electron chi connectivity index (χ2n) is 7.65. The molecule has 31 heavy (non-hydrogen) atoms. The Hall–Kier alpha value is -3.41. The average Bonchev–Trinajstić information content (AvgIpc) is 3.06. The van der Waals surface area contributed by atoms with Crippen molar-refractivity contribution in [3.63, 3.8) is 0 Å². The van der Waals surface area contributed by atoms with Crippen molar-refractivity contribution in [2.45, 2.75) is 40.0 Å². The van der Waals surface area contributed by atoms with E-state index in [2.05, 4.69) is 19.2 Å². The number of carbonyl (C=O) groups excluding carboxylic acids is 2. The Labute approximate surface area is 181 Å². The highest BCUT2D eigenvalue weighted by Gasteiger charge is 2.19. The molecule has 1 amide bonds. The van der Waals surface area contributed by atoms with Crippen molar-refractivity contribution in [2.75, 3.05) is 11.9 Å². The second kappa shape index (κ2) is 9.60. The summed E-state index contributed by atoms with van der Waals surface area (Å²) in [6.45, 7) is 7.53. The monoisotopic (exact) mass is 422 g/mol. The second-order valence-corrected chi connectivity index (χ2v) is 7.65. The molecule has 0 bridgehead atoms. The number of rotatable bonds is 7. The first-order valence-corrected chi connectivity index (χ1v) is 10.3. The van der Waals surface area contributed by atoms with Crippen LogP contribution < -0.4 is 5.32 Å². The van der Waals surface area contributed by atoms with Crippen LogP contribution in [-0.4, -0.2) is 23.1 Å². The molecule has 0 aliphatic carbocycles. The molecule has 162 valence electrons. The number of nitrogens with zero attached hydrogens (tertiary/aromatic N) is 1. The smallest absolute Gasteiger partial charge is 0.340 e. The molecule has 6 heteroatoms. The highest BCUT2D eigenvalue weighted by molar-refractivity contribution is 5.96. The maximum absolute atomic E-state index is 13.2. The predicted octanol–water partition coefficient (Wildman–Crippen LogP) is 5.54. The zero-order valence-electron chi connectivity index (χ0n) is 18.2. The van der Waals surface area contributed by atoms with Crippen LogP contribution >= 0.6 is 0 Å². The van der Waals surface area contributed by atoms with E-state index in [0.717, 1.165) is 17.8 Å². The van der Waals surface area contributed by atoms with Gasteiger partial charge >= 0.3 is 5.97 Å². The van der Waals surface area contributed by atoms with Crippen molar-refractivity contribution in [1.29, 1.82) is 0 Å². The van der Waals surface area contributed by atoms with Crippen LogP contribution in [-0.2, 0) is 9.53 Å². The Morgan fingerprint density at radius 3 is 2.32 bits per heavy atom. The van der Waals surface area contributed by atoms with Crippen LogP contribution in [0.5, 0.6) is 0 Å².